The van der Waals surface area contributed by atoms with Crippen LogP contribution in [0.2, 0.25) is 10.0 Å². The van der Waals surface area contributed by atoms with E-state index in [1.165, 1.54) is 6.26 Å². The summed E-state index contributed by atoms with van der Waals surface area (Å²) in [7, 11) is -3.22. The average molecular weight is 542 g/mol. The van der Waals surface area contributed by atoms with Crippen LogP contribution >= 0.6 is 23.2 Å². The van der Waals surface area contributed by atoms with E-state index in [2.05, 4.69) is 20.6 Å². The fourth-order valence-electron chi connectivity index (χ4n) is 4.19. The highest BCUT2D eigenvalue weighted by Crippen LogP contribution is 2.28. The van der Waals surface area contributed by atoms with Crippen molar-refractivity contribution in [2.24, 2.45) is 0 Å². The van der Waals surface area contributed by atoms with Crippen LogP contribution in [-0.2, 0) is 27.5 Å². The van der Waals surface area contributed by atoms with Crippen molar-refractivity contribution >= 4 is 45.0 Å². The molecule has 1 fully saturated rings. The predicted octanol–water partition coefficient (Wildman–Crippen LogP) is 3.62. The van der Waals surface area contributed by atoms with Crippen LogP contribution in [0.25, 0.3) is 0 Å². The van der Waals surface area contributed by atoms with Crippen LogP contribution in [0.4, 0.5) is 10.7 Å². The van der Waals surface area contributed by atoms with E-state index in [0.717, 1.165) is 37.3 Å². The Balaban J connectivity index is 1.45. The first kappa shape index (κ1) is 25.9. The maximum Gasteiger partial charge on any atom is 0.318 e. The quantitative estimate of drug-likeness (QED) is 0.550. The number of benzene rings is 1. The Bertz CT molecular complexity index is 1170. The molecule has 0 spiro atoms. The molecule has 2 aromatic rings. The lowest BCUT2D eigenvalue weighted by molar-refractivity contribution is 0.0903. The molecule has 2 N–H and O–H groups in total. The number of ether oxygens (including phenoxy) is 1. The SMILES string of the molecule is CS(=O)(=O)CCC(NC(=O)N1CCc2cnc(NC3CCOCC3)nc2C1)c1ccc(Cl)c(Cl)c1. The fraction of sp³-hybridized carbons (Fsp3) is 0.522. The van der Waals surface area contributed by atoms with Crippen molar-refractivity contribution in [3.63, 3.8) is 0 Å². The first-order valence-electron chi connectivity index (χ1n) is 11.5. The van der Waals surface area contributed by atoms with Crippen molar-refractivity contribution in [3.05, 3.63) is 51.3 Å². The van der Waals surface area contributed by atoms with Crippen LogP contribution < -0.4 is 10.6 Å². The zero-order valence-electron chi connectivity index (χ0n) is 19.5. The molecule has 0 aliphatic carbocycles. The molecule has 0 saturated carbocycles. The van der Waals surface area contributed by atoms with Gasteiger partial charge in [-0.2, -0.15) is 0 Å². The standard InChI is InChI=1S/C23H29Cl2N5O4S/c1-35(32,33)11-7-20(15-2-3-18(24)19(25)12-15)29-23(31)30-8-4-16-13-26-22(28-21(16)14-30)27-17-5-9-34-10-6-17/h2-3,12-13,17,20H,4-11,14H2,1H3,(H,29,31)(H,26,27,28). The number of nitrogens with zero attached hydrogens (tertiary/aromatic N) is 3. The number of carbonyl (C=O) groups is 1. The Kier molecular flexibility index (Phi) is 8.36. The number of sulfone groups is 1. The Morgan fingerprint density at radius 3 is 2.74 bits per heavy atom. The zero-order chi connectivity index (χ0) is 25.0. The van der Waals surface area contributed by atoms with Crippen molar-refractivity contribution < 1.29 is 17.9 Å². The summed E-state index contributed by atoms with van der Waals surface area (Å²) in [6.07, 6.45) is 5.66. The summed E-state index contributed by atoms with van der Waals surface area (Å²) in [5.74, 6) is 0.481. The number of hydrogen-bond acceptors (Lipinski definition) is 7. The van der Waals surface area contributed by atoms with Gasteiger partial charge < -0.3 is 20.3 Å². The van der Waals surface area contributed by atoms with Gasteiger partial charge in [0.2, 0.25) is 5.95 Å². The number of amides is 2. The van der Waals surface area contributed by atoms with E-state index < -0.39 is 15.9 Å². The smallest absolute Gasteiger partial charge is 0.318 e. The highest BCUT2D eigenvalue weighted by Gasteiger charge is 2.26. The van der Waals surface area contributed by atoms with Crippen molar-refractivity contribution in [3.8, 4) is 0 Å². The van der Waals surface area contributed by atoms with Crippen molar-refractivity contribution in [1.29, 1.82) is 0 Å². The van der Waals surface area contributed by atoms with E-state index in [-0.39, 0.29) is 24.2 Å². The molecular formula is C23H29Cl2N5O4S. The highest BCUT2D eigenvalue weighted by atomic mass is 35.5. The van der Waals surface area contributed by atoms with Crippen LogP contribution in [0.3, 0.4) is 0 Å². The molecule has 1 unspecified atom stereocenters. The first-order chi connectivity index (χ1) is 16.7. The minimum absolute atomic E-state index is 0.0739. The minimum Gasteiger partial charge on any atom is -0.381 e. The summed E-state index contributed by atoms with van der Waals surface area (Å²) in [6, 6.07) is 4.48. The number of rotatable bonds is 7. The summed E-state index contributed by atoms with van der Waals surface area (Å²) in [5.41, 5.74) is 2.52. The maximum absolute atomic E-state index is 13.2. The number of anilines is 1. The van der Waals surface area contributed by atoms with E-state index in [9.17, 15) is 13.2 Å². The van der Waals surface area contributed by atoms with E-state index >= 15 is 0 Å². The number of halogens is 2. The first-order valence-corrected chi connectivity index (χ1v) is 14.4. The van der Waals surface area contributed by atoms with Gasteiger partial charge in [-0.15, -0.1) is 0 Å². The molecule has 0 radical (unpaired) electrons. The molecule has 190 valence electrons. The fourth-order valence-corrected chi connectivity index (χ4v) is 5.16. The second kappa shape index (κ2) is 11.3. The Hall–Kier alpha value is -2.14. The summed E-state index contributed by atoms with van der Waals surface area (Å²) < 4.78 is 29.0. The zero-order valence-corrected chi connectivity index (χ0v) is 21.8. The van der Waals surface area contributed by atoms with Crippen LogP contribution in [0.1, 0.15) is 42.1 Å². The van der Waals surface area contributed by atoms with Crippen LogP contribution in [0.15, 0.2) is 24.4 Å². The molecule has 1 aromatic heterocycles. The summed E-state index contributed by atoms with van der Waals surface area (Å²) in [6.45, 7) is 2.28. The van der Waals surface area contributed by atoms with Gasteiger partial charge in [-0.3, -0.25) is 0 Å². The minimum atomic E-state index is -3.22. The highest BCUT2D eigenvalue weighted by molar-refractivity contribution is 7.90. The van der Waals surface area contributed by atoms with Gasteiger partial charge in [0.25, 0.3) is 0 Å². The van der Waals surface area contributed by atoms with Crippen LogP contribution in [0.5, 0.6) is 0 Å². The molecule has 1 aromatic carbocycles. The number of nitrogens with one attached hydrogen (secondary N) is 2. The average Bonchev–Trinajstić information content (AvgIpc) is 2.83. The van der Waals surface area contributed by atoms with Gasteiger partial charge in [0, 0.05) is 38.3 Å². The molecular weight excluding hydrogens is 513 g/mol. The second-order valence-corrected chi connectivity index (χ2v) is 12.0. The Labute approximate surface area is 215 Å². The lowest BCUT2D eigenvalue weighted by Gasteiger charge is -2.31. The number of hydrogen-bond donors (Lipinski definition) is 2. The predicted molar refractivity (Wildman–Crippen MR) is 136 cm³/mol. The number of fused-ring (bicyclic) bond motifs is 1. The van der Waals surface area contributed by atoms with Crippen molar-refractivity contribution in [2.75, 3.05) is 37.1 Å². The molecule has 2 aliphatic rings. The maximum atomic E-state index is 13.2. The van der Waals surface area contributed by atoms with E-state index in [4.69, 9.17) is 27.9 Å². The number of aromatic nitrogens is 2. The van der Waals surface area contributed by atoms with Gasteiger partial charge in [0.15, 0.2) is 0 Å². The molecule has 4 rings (SSSR count). The summed E-state index contributed by atoms with van der Waals surface area (Å²) in [5, 5.41) is 7.08. The second-order valence-electron chi connectivity index (χ2n) is 8.96. The molecule has 35 heavy (non-hydrogen) atoms. The summed E-state index contributed by atoms with van der Waals surface area (Å²) in [4.78, 5) is 24.0. The number of carbonyl (C=O) groups excluding carboxylic acids is 1. The van der Waals surface area contributed by atoms with Crippen LogP contribution in [-0.4, -0.2) is 67.1 Å². The molecule has 3 heterocycles. The molecule has 9 nitrogen and oxygen atoms in total. The van der Waals surface area contributed by atoms with Crippen LogP contribution in [0, 0.1) is 0 Å². The lowest BCUT2D eigenvalue weighted by atomic mass is 10.0. The van der Waals surface area contributed by atoms with Gasteiger partial charge >= 0.3 is 6.03 Å². The van der Waals surface area contributed by atoms with E-state index in [1.807, 2.05) is 6.20 Å². The third kappa shape index (κ3) is 7.19. The van der Waals surface area contributed by atoms with E-state index in [1.54, 1.807) is 23.1 Å². The molecule has 0 bridgehead atoms. The van der Waals surface area contributed by atoms with Gasteiger partial charge in [-0.05, 0) is 48.9 Å². The molecule has 1 atom stereocenters. The third-order valence-electron chi connectivity index (χ3n) is 6.21. The summed E-state index contributed by atoms with van der Waals surface area (Å²) >= 11 is 12.2. The van der Waals surface area contributed by atoms with Gasteiger partial charge in [-0.25, -0.2) is 23.2 Å². The van der Waals surface area contributed by atoms with Crippen molar-refractivity contribution in [1.82, 2.24) is 20.2 Å². The van der Waals surface area contributed by atoms with Gasteiger partial charge in [-0.1, -0.05) is 29.3 Å². The monoisotopic (exact) mass is 541 g/mol. The number of urea groups is 1. The van der Waals surface area contributed by atoms with Crippen molar-refractivity contribution in [2.45, 2.75) is 44.3 Å². The molecule has 2 amide bonds. The third-order valence-corrected chi connectivity index (χ3v) is 7.92. The molecule has 12 heteroatoms. The van der Waals surface area contributed by atoms with E-state index in [0.29, 0.717) is 41.1 Å². The van der Waals surface area contributed by atoms with Gasteiger partial charge in [0.1, 0.15) is 9.84 Å². The molecule has 2 aliphatic heterocycles. The molecule has 1 saturated heterocycles. The van der Waals surface area contributed by atoms with Gasteiger partial charge in [0.05, 0.1) is 34.1 Å². The largest absolute Gasteiger partial charge is 0.381 e. The lowest BCUT2D eigenvalue weighted by Crippen LogP contribution is -2.44. The Morgan fingerprint density at radius 2 is 2.03 bits per heavy atom. The topological polar surface area (TPSA) is 114 Å². The normalized spacial score (nSPS) is 17.5. The Morgan fingerprint density at radius 1 is 1.26 bits per heavy atom.